The number of rotatable bonds is 26. The maximum atomic E-state index is 14.4. The summed E-state index contributed by atoms with van der Waals surface area (Å²) >= 11 is 0. The molecule has 3 N–H and O–H groups in total. The summed E-state index contributed by atoms with van der Waals surface area (Å²) in [6.07, 6.45) is 0.606. The van der Waals surface area contributed by atoms with Crippen LogP contribution in [0, 0.1) is 29.6 Å². The number of carbonyl (C=O) groups excluding carboxylic acids is 6. The third-order valence-corrected chi connectivity index (χ3v) is 13.7. The highest BCUT2D eigenvalue weighted by atomic mass is 32.2. The van der Waals surface area contributed by atoms with Crippen molar-refractivity contribution >= 4 is 51.0 Å². The van der Waals surface area contributed by atoms with E-state index in [9.17, 15) is 37.2 Å². The molecular formula is C49H84N6O11S. The van der Waals surface area contributed by atoms with Gasteiger partial charge in [0.15, 0.2) is 0 Å². The number of ether oxygens (including phenoxy) is 3. The fraction of sp³-hybridized carbons (Fsp3) is 0.755. The lowest BCUT2D eigenvalue weighted by molar-refractivity contribution is -0.148. The van der Waals surface area contributed by atoms with E-state index in [-0.39, 0.29) is 72.8 Å². The van der Waals surface area contributed by atoms with Crippen molar-refractivity contribution in [1.82, 2.24) is 25.3 Å². The maximum Gasteiger partial charge on any atom is 0.412 e. The van der Waals surface area contributed by atoms with E-state index in [1.807, 2.05) is 60.5 Å². The van der Waals surface area contributed by atoms with Crippen LogP contribution in [-0.4, -0.2) is 155 Å². The van der Waals surface area contributed by atoms with Crippen molar-refractivity contribution in [2.75, 3.05) is 59.2 Å². The number of hydrogen-bond donors (Lipinski definition) is 3. The molecule has 0 saturated carbocycles. The minimum atomic E-state index is -3.47. The largest absolute Gasteiger partial charge is 0.444 e. The van der Waals surface area contributed by atoms with Gasteiger partial charge in [-0.05, 0) is 89.6 Å². The molecule has 2 rings (SSSR count). The topological polar surface area (TPSA) is 210 Å². The molecule has 5 amide bonds. The van der Waals surface area contributed by atoms with Gasteiger partial charge in [-0.25, -0.2) is 13.2 Å². The number of amides is 5. The number of nitrogens with one attached hydrogen (secondary N) is 3. The highest BCUT2D eigenvalue weighted by Gasteiger charge is 2.43. The minimum absolute atomic E-state index is 0.0104. The van der Waals surface area contributed by atoms with Gasteiger partial charge in [0, 0.05) is 64.6 Å². The molecule has 0 unspecified atom stereocenters. The van der Waals surface area contributed by atoms with Crippen LogP contribution in [0.1, 0.15) is 113 Å². The zero-order valence-electron chi connectivity index (χ0n) is 43.3. The van der Waals surface area contributed by atoms with E-state index >= 15 is 0 Å². The Hall–Kier alpha value is -4.13. The Kier molecular flexibility index (Phi) is 23.4. The quantitative estimate of drug-likeness (QED) is 0.108. The number of likely N-dealkylation sites (tertiary alicyclic amines) is 1. The molecule has 0 aliphatic carbocycles. The molecule has 67 heavy (non-hydrogen) atoms. The molecule has 1 saturated heterocycles. The average Bonchev–Trinajstić information content (AvgIpc) is 3.71. The zero-order chi connectivity index (χ0) is 51.1. The van der Waals surface area contributed by atoms with Gasteiger partial charge in [-0.2, -0.15) is 0 Å². The zero-order valence-corrected chi connectivity index (χ0v) is 44.1. The van der Waals surface area contributed by atoms with Gasteiger partial charge in [-0.15, -0.1) is 0 Å². The Morgan fingerprint density at radius 3 is 1.99 bits per heavy atom. The standard InChI is InChI=1S/C49H84N6O11S/c1-17-32(6)43(54(13)47(60)41(30(2)3)52-46(59)42(31(4)5)53(11)12)39(64-14)28-40(57)55-25-18-19-37(55)44(65-15)33(7)38(56)27-35(24-26-67(16,62)63)45(58)50-29-34-20-22-36(23-21-34)51-48(61)66-49(8,9)10/h20-23,30-33,35,37,39,41-44H,17-19,24-29H2,1-16H3,(H,50,58)(H,51,61)(H,52,59)/t32-,33-,35+,37-,39+,41-,42-,43-,44+/m0/s1. The number of Topliss-reactive ketones (excluding diaryl/α,β-unsaturated/α-hetero) is 1. The third kappa shape index (κ3) is 18.4. The number of methoxy groups -OCH3 is 2. The molecule has 1 aromatic rings. The first kappa shape index (κ1) is 59.0. The number of benzene rings is 1. The maximum absolute atomic E-state index is 14.4. The summed E-state index contributed by atoms with van der Waals surface area (Å²) in [6.45, 7) is 19.2. The average molecular weight is 965 g/mol. The van der Waals surface area contributed by atoms with Crippen LogP contribution >= 0.6 is 0 Å². The molecule has 1 aromatic carbocycles. The van der Waals surface area contributed by atoms with E-state index in [0.29, 0.717) is 37.1 Å². The molecule has 1 fully saturated rings. The minimum Gasteiger partial charge on any atom is -0.444 e. The normalized spacial score (nSPS) is 18.1. The second-order valence-electron chi connectivity index (χ2n) is 20.3. The van der Waals surface area contributed by atoms with Gasteiger partial charge in [0.1, 0.15) is 27.3 Å². The second-order valence-corrected chi connectivity index (χ2v) is 22.6. The summed E-state index contributed by atoms with van der Waals surface area (Å²) in [6, 6.07) is 4.54. The molecule has 17 nitrogen and oxygen atoms in total. The first-order valence-electron chi connectivity index (χ1n) is 23.7. The predicted octanol–water partition coefficient (Wildman–Crippen LogP) is 5.31. The van der Waals surface area contributed by atoms with E-state index in [1.165, 1.54) is 14.2 Å². The van der Waals surface area contributed by atoms with Crippen molar-refractivity contribution in [3.05, 3.63) is 29.8 Å². The van der Waals surface area contributed by atoms with Crippen LogP contribution < -0.4 is 16.0 Å². The third-order valence-electron chi connectivity index (χ3n) is 12.8. The van der Waals surface area contributed by atoms with Gasteiger partial charge < -0.3 is 34.6 Å². The van der Waals surface area contributed by atoms with E-state index in [4.69, 9.17) is 14.2 Å². The molecule has 9 atom stereocenters. The number of hydrogen-bond acceptors (Lipinski definition) is 12. The van der Waals surface area contributed by atoms with Crippen molar-refractivity contribution in [1.29, 1.82) is 0 Å². The Labute approximate surface area is 401 Å². The molecule has 1 aliphatic rings. The molecule has 0 bridgehead atoms. The van der Waals surface area contributed by atoms with Gasteiger partial charge >= 0.3 is 6.09 Å². The Balaban J connectivity index is 2.27. The summed E-state index contributed by atoms with van der Waals surface area (Å²) in [5.41, 5.74) is 0.543. The van der Waals surface area contributed by atoms with Crippen LogP contribution in [0.25, 0.3) is 0 Å². The van der Waals surface area contributed by atoms with E-state index in [1.54, 1.807) is 68.8 Å². The van der Waals surface area contributed by atoms with Crippen molar-refractivity contribution < 1.29 is 51.4 Å². The summed E-state index contributed by atoms with van der Waals surface area (Å²) < 4.78 is 41.8. The highest BCUT2D eigenvalue weighted by molar-refractivity contribution is 7.90. The van der Waals surface area contributed by atoms with Crippen LogP contribution in [-0.2, 0) is 54.6 Å². The van der Waals surface area contributed by atoms with Gasteiger partial charge in [0.25, 0.3) is 0 Å². The lowest BCUT2D eigenvalue weighted by Gasteiger charge is -2.41. The summed E-state index contributed by atoms with van der Waals surface area (Å²) in [5.74, 6) is -3.82. The highest BCUT2D eigenvalue weighted by Crippen LogP contribution is 2.31. The predicted molar refractivity (Wildman–Crippen MR) is 261 cm³/mol. The number of carbonyl (C=O) groups is 6. The van der Waals surface area contributed by atoms with Crippen LogP contribution in [0.4, 0.5) is 10.5 Å². The van der Waals surface area contributed by atoms with E-state index in [2.05, 4.69) is 16.0 Å². The van der Waals surface area contributed by atoms with Gasteiger partial charge in [-0.3, -0.25) is 34.2 Å². The number of sulfone groups is 1. The van der Waals surface area contributed by atoms with Crippen molar-refractivity contribution in [3.8, 4) is 0 Å². The SMILES string of the molecule is CC[C@H](C)[C@@H]([C@@H](CC(=O)N1CCC[C@H]1[C@H](OC)[C@@H](C)C(=O)C[C@@H](CCS(C)(=O)=O)C(=O)NCc1ccc(NC(=O)OC(C)(C)C)cc1)OC)N(C)C(=O)[C@@H](NC(=O)[C@H](C(C)C)N(C)C)C(C)C. The second kappa shape index (κ2) is 26.6. The van der Waals surface area contributed by atoms with Gasteiger partial charge in [0.2, 0.25) is 23.6 Å². The van der Waals surface area contributed by atoms with Crippen LogP contribution in [0.2, 0.25) is 0 Å². The van der Waals surface area contributed by atoms with E-state index in [0.717, 1.165) is 6.26 Å². The van der Waals surface area contributed by atoms with Crippen LogP contribution in [0.15, 0.2) is 24.3 Å². The molecule has 0 radical (unpaired) electrons. The fourth-order valence-corrected chi connectivity index (χ4v) is 9.73. The number of anilines is 1. The summed E-state index contributed by atoms with van der Waals surface area (Å²) in [4.78, 5) is 87.3. The van der Waals surface area contributed by atoms with Crippen molar-refractivity contribution in [2.45, 2.75) is 156 Å². The molecular weight excluding hydrogens is 881 g/mol. The van der Waals surface area contributed by atoms with Crippen molar-refractivity contribution in [2.24, 2.45) is 29.6 Å². The fourth-order valence-electron chi connectivity index (χ4n) is 9.02. The summed E-state index contributed by atoms with van der Waals surface area (Å²) in [7, 11) is 4.92. The molecule has 0 aromatic heterocycles. The van der Waals surface area contributed by atoms with Crippen LogP contribution in [0.5, 0.6) is 0 Å². The monoisotopic (exact) mass is 965 g/mol. The van der Waals surface area contributed by atoms with Crippen LogP contribution in [0.3, 0.4) is 0 Å². The molecule has 1 heterocycles. The Morgan fingerprint density at radius 2 is 1.49 bits per heavy atom. The van der Waals surface area contributed by atoms with Crippen molar-refractivity contribution in [3.63, 3.8) is 0 Å². The molecule has 0 spiro atoms. The first-order chi connectivity index (χ1) is 31.1. The number of ketones is 1. The molecule has 1 aliphatic heterocycles. The Morgan fingerprint density at radius 1 is 0.881 bits per heavy atom. The smallest absolute Gasteiger partial charge is 0.412 e. The lowest BCUT2D eigenvalue weighted by atomic mass is 9.86. The molecule has 18 heteroatoms. The number of nitrogens with zero attached hydrogens (tertiary/aromatic N) is 3. The first-order valence-corrected chi connectivity index (χ1v) is 25.8. The molecule has 382 valence electrons. The summed E-state index contributed by atoms with van der Waals surface area (Å²) in [5, 5.41) is 8.52. The lowest BCUT2D eigenvalue weighted by Crippen LogP contribution is -2.59. The van der Waals surface area contributed by atoms with Gasteiger partial charge in [-0.1, -0.05) is 67.0 Å². The number of likely N-dealkylation sites (N-methyl/N-ethyl adjacent to an activating group) is 2. The van der Waals surface area contributed by atoms with E-state index < -0.39 is 75.6 Å². The Bertz CT molecular complexity index is 1890. The van der Waals surface area contributed by atoms with Gasteiger partial charge in [0.05, 0.1) is 42.5 Å².